The van der Waals surface area contributed by atoms with E-state index in [1.807, 2.05) is 55.5 Å². The number of hydrogen-bond donors (Lipinski definition) is 4. The van der Waals surface area contributed by atoms with Gasteiger partial charge in [0, 0.05) is 25.3 Å². The second kappa shape index (κ2) is 13.4. The molecular weight excluding hydrogens is 378 g/mol. The van der Waals surface area contributed by atoms with Crippen LogP contribution in [0.1, 0.15) is 51.0 Å². The van der Waals surface area contributed by atoms with Gasteiger partial charge in [0.25, 0.3) is 0 Å². The third-order valence-corrected chi connectivity index (χ3v) is 5.77. The van der Waals surface area contributed by atoms with Gasteiger partial charge in [-0.1, -0.05) is 54.6 Å². The molecule has 1 unspecified atom stereocenters. The summed E-state index contributed by atoms with van der Waals surface area (Å²) in [4.78, 5) is 11.4. The van der Waals surface area contributed by atoms with Gasteiger partial charge in [-0.3, -0.25) is 4.79 Å². The molecule has 0 aliphatic heterocycles. The minimum Gasteiger partial charge on any atom is -0.393 e. The van der Waals surface area contributed by atoms with Crippen molar-refractivity contribution in [3.05, 3.63) is 60.2 Å². The first-order chi connectivity index (χ1) is 14.5. The zero-order valence-corrected chi connectivity index (χ0v) is 18.0. The Morgan fingerprint density at radius 2 is 1.97 bits per heavy atom. The minimum atomic E-state index is -0.589. The molecule has 1 amide bonds. The Morgan fingerprint density at radius 3 is 2.70 bits per heavy atom. The van der Waals surface area contributed by atoms with Crippen molar-refractivity contribution in [1.29, 1.82) is 0 Å². The molecule has 0 saturated heterocycles. The van der Waals surface area contributed by atoms with Gasteiger partial charge in [-0.2, -0.15) is 0 Å². The highest BCUT2D eigenvalue weighted by Gasteiger charge is 2.39. The highest BCUT2D eigenvalue weighted by atomic mass is 16.3. The average molecular weight is 416 g/mol. The smallest absolute Gasteiger partial charge is 0.219 e. The molecule has 1 aliphatic carbocycles. The van der Waals surface area contributed by atoms with Gasteiger partial charge in [-0.05, 0) is 50.5 Å². The molecule has 1 aromatic carbocycles. The number of allylic oxidation sites excluding steroid dienone is 2. The number of rotatable bonds is 12. The Hall–Kier alpha value is -1.95. The van der Waals surface area contributed by atoms with E-state index < -0.39 is 18.3 Å². The number of nitrogens with one attached hydrogen (secondary N) is 1. The first-order valence-corrected chi connectivity index (χ1v) is 11.2. The Balaban J connectivity index is 1.78. The van der Waals surface area contributed by atoms with Crippen molar-refractivity contribution in [2.24, 2.45) is 11.8 Å². The number of aliphatic hydroxyl groups is 3. The average Bonchev–Trinajstić information content (AvgIpc) is 3.00. The minimum absolute atomic E-state index is 0.0581. The molecule has 4 N–H and O–H groups in total. The lowest BCUT2D eigenvalue weighted by Crippen LogP contribution is -2.21. The number of aliphatic hydroxyl groups excluding tert-OH is 3. The standard InChI is InChI=1S/C25H37NO4/c1-2-26-25(30)13-9-4-3-8-12-21-22(24(29)18-23(21)28)17-16-20(27)15-14-19-10-6-5-7-11-19/h3,5-8,10-11,16-17,20-24,27-29H,2,4,9,12-15,18H2,1H3,(H,26,30)/b8-3-,17-16+/t20-,21?,22+,23-,24+/m0/s1. The van der Waals surface area contributed by atoms with Crippen LogP contribution in [0.2, 0.25) is 0 Å². The molecule has 0 aromatic heterocycles. The predicted molar refractivity (Wildman–Crippen MR) is 120 cm³/mol. The summed E-state index contributed by atoms with van der Waals surface area (Å²) in [6.45, 7) is 2.57. The summed E-state index contributed by atoms with van der Waals surface area (Å²) in [5, 5.41) is 33.8. The lowest BCUT2D eigenvalue weighted by Gasteiger charge is -2.19. The normalized spacial score (nSPS) is 25.2. The van der Waals surface area contributed by atoms with Crippen LogP contribution in [0, 0.1) is 11.8 Å². The first-order valence-electron chi connectivity index (χ1n) is 11.2. The van der Waals surface area contributed by atoms with Gasteiger partial charge in [-0.15, -0.1) is 0 Å². The molecule has 0 spiro atoms. The second-order valence-corrected chi connectivity index (χ2v) is 8.14. The number of unbranched alkanes of at least 4 members (excludes halogenated alkanes) is 1. The van der Waals surface area contributed by atoms with Crippen LogP contribution in [0.3, 0.4) is 0 Å². The van der Waals surface area contributed by atoms with Crippen molar-refractivity contribution in [3.63, 3.8) is 0 Å². The summed E-state index contributed by atoms with van der Waals surface area (Å²) in [6, 6.07) is 10.1. The molecule has 2 rings (SSSR count). The van der Waals surface area contributed by atoms with Crippen LogP contribution in [0.4, 0.5) is 0 Å². The van der Waals surface area contributed by atoms with Crippen LogP contribution in [0.25, 0.3) is 0 Å². The fourth-order valence-corrected chi connectivity index (χ4v) is 4.06. The lowest BCUT2D eigenvalue weighted by molar-refractivity contribution is -0.121. The van der Waals surface area contributed by atoms with Crippen LogP contribution in [0.5, 0.6) is 0 Å². The third-order valence-electron chi connectivity index (χ3n) is 5.77. The molecule has 5 heteroatoms. The van der Waals surface area contributed by atoms with Gasteiger partial charge in [-0.25, -0.2) is 0 Å². The van der Waals surface area contributed by atoms with Crippen molar-refractivity contribution >= 4 is 5.91 Å². The molecule has 1 saturated carbocycles. The Labute approximate surface area is 180 Å². The van der Waals surface area contributed by atoms with E-state index in [0.29, 0.717) is 32.2 Å². The van der Waals surface area contributed by atoms with E-state index in [4.69, 9.17) is 0 Å². The molecule has 0 heterocycles. The highest BCUT2D eigenvalue weighted by Crippen LogP contribution is 2.36. The maximum absolute atomic E-state index is 11.4. The number of aryl methyl sites for hydroxylation is 1. The summed E-state index contributed by atoms with van der Waals surface area (Å²) in [5.74, 6) is -0.139. The first kappa shape index (κ1) is 24.3. The van der Waals surface area contributed by atoms with Crippen LogP contribution >= 0.6 is 0 Å². The molecule has 0 radical (unpaired) electrons. The zero-order chi connectivity index (χ0) is 21.8. The Morgan fingerprint density at radius 1 is 1.20 bits per heavy atom. The Kier molecular flexibility index (Phi) is 10.8. The van der Waals surface area contributed by atoms with E-state index in [-0.39, 0.29) is 17.7 Å². The van der Waals surface area contributed by atoms with Gasteiger partial charge in [0.05, 0.1) is 18.3 Å². The van der Waals surface area contributed by atoms with Crippen LogP contribution in [-0.4, -0.2) is 46.1 Å². The molecular formula is C25H37NO4. The van der Waals surface area contributed by atoms with Crippen LogP contribution < -0.4 is 5.32 Å². The van der Waals surface area contributed by atoms with Crippen LogP contribution in [0.15, 0.2) is 54.6 Å². The van der Waals surface area contributed by atoms with Crippen molar-refractivity contribution in [2.45, 2.75) is 70.2 Å². The Bertz CT molecular complexity index is 673. The van der Waals surface area contributed by atoms with Crippen molar-refractivity contribution in [1.82, 2.24) is 5.32 Å². The van der Waals surface area contributed by atoms with Crippen molar-refractivity contribution in [2.75, 3.05) is 6.54 Å². The number of benzene rings is 1. The largest absolute Gasteiger partial charge is 0.393 e. The highest BCUT2D eigenvalue weighted by molar-refractivity contribution is 5.75. The SMILES string of the molecule is CCNC(=O)CCC/C=C\CC1[C@@H](/C=C/[C@@H](O)CCc2ccccc2)[C@H](O)C[C@@H]1O. The topological polar surface area (TPSA) is 89.8 Å². The molecule has 5 atom stereocenters. The van der Waals surface area contributed by atoms with Gasteiger partial charge >= 0.3 is 0 Å². The molecule has 1 aromatic rings. The van der Waals surface area contributed by atoms with E-state index in [1.54, 1.807) is 6.08 Å². The molecule has 5 nitrogen and oxygen atoms in total. The lowest BCUT2D eigenvalue weighted by atomic mass is 9.89. The molecule has 1 fully saturated rings. The number of carbonyl (C=O) groups excluding carboxylic acids is 1. The summed E-state index contributed by atoms with van der Waals surface area (Å²) in [7, 11) is 0. The van der Waals surface area contributed by atoms with Gasteiger partial charge in [0.15, 0.2) is 0 Å². The van der Waals surface area contributed by atoms with Gasteiger partial charge < -0.3 is 20.6 Å². The van der Waals surface area contributed by atoms with Crippen LogP contribution in [-0.2, 0) is 11.2 Å². The number of amides is 1. The number of hydrogen-bond acceptors (Lipinski definition) is 4. The second-order valence-electron chi connectivity index (χ2n) is 8.14. The maximum atomic E-state index is 11.4. The zero-order valence-electron chi connectivity index (χ0n) is 18.0. The van der Waals surface area contributed by atoms with E-state index in [0.717, 1.165) is 19.3 Å². The van der Waals surface area contributed by atoms with E-state index in [9.17, 15) is 20.1 Å². The fraction of sp³-hybridized carbons (Fsp3) is 0.560. The van der Waals surface area contributed by atoms with E-state index >= 15 is 0 Å². The molecule has 0 bridgehead atoms. The third kappa shape index (κ3) is 8.42. The summed E-state index contributed by atoms with van der Waals surface area (Å²) < 4.78 is 0. The quantitative estimate of drug-likeness (QED) is 0.312. The fourth-order valence-electron chi connectivity index (χ4n) is 4.06. The number of carbonyl (C=O) groups is 1. The van der Waals surface area contributed by atoms with Crippen molar-refractivity contribution < 1.29 is 20.1 Å². The molecule has 166 valence electrons. The maximum Gasteiger partial charge on any atom is 0.219 e. The van der Waals surface area contributed by atoms with Crippen molar-refractivity contribution in [3.8, 4) is 0 Å². The summed E-state index contributed by atoms with van der Waals surface area (Å²) in [6.07, 6.45) is 10.6. The van der Waals surface area contributed by atoms with E-state index in [2.05, 4.69) is 5.32 Å². The predicted octanol–water partition coefficient (Wildman–Crippen LogP) is 3.15. The summed E-state index contributed by atoms with van der Waals surface area (Å²) in [5.41, 5.74) is 1.19. The van der Waals surface area contributed by atoms with Gasteiger partial charge in [0.2, 0.25) is 5.91 Å². The van der Waals surface area contributed by atoms with Gasteiger partial charge in [0.1, 0.15) is 0 Å². The summed E-state index contributed by atoms with van der Waals surface area (Å²) >= 11 is 0. The molecule has 30 heavy (non-hydrogen) atoms. The van der Waals surface area contributed by atoms with E-state index in [1.165, 1.54) is 5.56 Å². The molecule has 1 aliphatic rings. The monoisotopic (exact) mass is 415 g/mol.